The molecule has 0 spiro atoms. The van der Waals surface area contributed by atoms with Crippen molar-refractivity contribution in [1.29, 1.82) is 0 Å². The molecule has 0 saturated heterocycles. The highest BCUT2D eigenvalue weighted by molar-refractivity contribution is 6.06. The number of pyridine rings is 1. The number of halogens is 3. The molecule has 4 aromatic rings. The van der Waals surface area contributed by atoms with Crippen molar-refractivity contribution in [1.82, 2.24) is 4.98 Å². The highest BCUT2D eigenvalue weighted by atomic mass is 19.4. The molecule has 0 fully saturated rings. The van der Waals surface area contributed by atoms with Gasteiger partial charge in [0.15, 0.2) is 0 Å². The summed E-state index contributed by atoms with van der Waals surface area (Å²) in [6.45, 7) is 0. The number of rotatable bonds is 3. The summed E-state index contributed by atoms with van der Waals surface area (Å²) in [5.74, 6) is 0.00445. The number of hydrogen-bond acceptors (Lipinski definition) is 3. The van der Waals surface area contributed by atoms with Crippen LogP contribution >= 0.6 is 0 Å². The Labute approximate surface area is 159 Å². The predicted molar refractivity (Wildman–Crippen MR) is 104 cm³/mol. The molecule has 1 heterocycles. The van der Waals surface area contributed by atoms with Gasteiger partial charge in [-0.25, -0.2) is 4.98 Å². The van der Waals surface area contributed by atoms with Crippen LogP contribution in [0.1, 0.15) is 0 Å². The van der Waals surface area contributed by atoms with Crippen molar-refractivity contribution < 1.29 is 17.9 Å². The van der Waals surface area contributed by atoms with E-state index in [0.717, 1.165) is 11.1 Å². The second-order valence-corrected chi connectivity index (χ2v) is 6.21. The molecular weight excluding hydrogens is 365 g/mol. The second-order valence-electron chi connectivity index (χ2n) is 6.21. The molecular formula is C22H15F3N2O. The fourth-order valence-corrected chi connectivity index (χ4v) is 3.26. The number of nitrogens with two attached hydrogens (primary N) is 1. The van der Waals surface area contributed by atoms with Crippen molar-refractivity contribution in [2.24, 2.45) is 0 Å². The van der Waals surface area contributed by atoms with Crippen LogP contribution in [0.5, 0.6) is 5.75 Å². The van der Waals surface area contributed by atoms with E-state index < -0.39 is 6.36 Å². The Bertz CT molecular complexity index is 1130. The third kappa shape index (κ3) is 3.49. The van der Waals surface area contributed by atoms with Gasteiger partial charge in [0.2, 0.25) is 0 Å². The van der Waals surface area contributed by atoms with Crippen LogP contribution in [0.2, 0.25) is 0 Å². The molecule has 140 valence electrons. The van der Waals surface area contributed by atoms with Gasteiger partial charge in [-0.1, -0.05) is 60.7 Å². The van der Waals surface area contributed by atoms with Gasteiger partial charge in [-0.2, -0.15) is 0 Å². The van der Waals surface area contributed by atoms with Gasteiger partial charge in [0.25, 0.3) is 0 Å². The first kappa shape index (κ1) is 17.9. The number of hydrogen-bond donors (Lipinski definition) is 1. The zero-order chi connectivity index (χ0) is 19.7. The Kier molecular flexibility index (Phi) is 4.39. The summed E-state index contributed by atoms with van der Waals surface area (Å²) in [6, 6.07) is 22.8. The minimum atomic E-state index is -4.77. The number of nitrogen functional groups attached to an aromatic ring is 1. The Morgan fingerprint density at radius 2 is 1.32 bits per heavy atom. The lowest BCUT2D eigenvalue weighted by Crippen LogP contribution is -2.17. The summed E-state index contributed by atoms with van der Waals surface area (Å²) < 4.78 is 42.3. The fourth-order valence-electron chi connectivity index (χ4n) is 3.26. The van der Waals surface area contributed by atoms with Crippen molar-refractivity contribution in [2.45, 2.75) is 6.36 Å². The van der Waals surface area contributed by atoms with Gasteiger partial charge in [0.05, 0.1) is 5.52 Å². The normalized spacial score (nSPS) is 11.5. The number of aromatic nitrogens is 1. The largest absolute Gasteiger partial charge is 0.573 e. The smallest absolute Gasteiger partial charge is 0.406 e. The van der Waals surface area contributed by atoms with Crippen LogP contribution in [0.3, 0.4) is 0 Å². The van der Waals surface area contributed by atoms with E-state index in [-0.39, 0.29) is 5.75 Å². The zero-order valence-electron chi connectivity index (χ0n) is 14.6. The summed E-state index contributed by atoms with van der Waals surface area (Å²) in [4.78, 5) is 4.42. The number of fused-ring (bicyclic) bond motifs is 1. The summed E-state index contributed by atoms with van der Waals surface area (Å²) in [6.07, 6.45) is -4.77. The number of anilines is 1. The minimum Gasteiger partial charge on any atom is -0.406 e. The van der Waals surface area contributed by atoms with Crippen molar-refractivity contribution in [2.75, 3.05) is 5.73 Å². The Hall–Kier alpha value is -3.54. The van der Waals surface area contributed by atoms with Crippen LogP contribution in [0.4, 0.5) is 19.0 Å². The van der Waals surface area contributed by atoms with Crippen molar-refractivity contribution in [3.05, 3.63) is 78.9 Å². The molecule has 28 heavy (non-hydrogen) atoms. The topological polar surface area (TPSA) is 48.1 Å². The van der Waals surface area contributed by atoms with Gasteiger partial charge in [-0.15, -0.1) is 13.2 Å². The Morgan fingerprint density at radius 3 is 1.89 bits per heavy atom. The number of nitrogens with zero attached hydrogens (tertiary/aromatic N) is 1. The summed E-state index contributed by atoms with van der Waals surface area (Å²) in [7, 11) is 0. The van der Waals surface area contributed by atoms with E-state index in [4.69, 9.17) is 5.73 Å². The predicted octanol–water partition coefficient (Wildman–Crippen LogP) is 6.05. The van der Waals surface area contributed by atoms with Crippen LogP contribution in [-0.4, -0.2) is 11.3 Å². The van der Waals surface area contributed by atoms with Gasteiger partial charge < -0.3 is 10.5 Å². The molecule has 6 heteroatoms. The summed E-state index contributed by atoms with van der Waals surface area (Å²) >= 11 is 0. The van der Waals surface area contributed by atoms with Gasteiger partial charge in [-0.05, 0) is 29.3 Å². The maximum Gasteiger partial charge on any atom is 0.573 e. The Balaban J connectivity index is 2.06. The van der Waals surface area contributed by atoms with Crippen LogP contribution in [0.25, 0.3) is 33.2 Å². The van der Waals surface area contributed by atoms with Crippen molar-refractivity contribution in [3.8, 4) is 28.0 Å². The average molecular weight is 380 g/mol. The molecule has 0 atom stereocenters. The summed E-state index contributed by atoms with van der Waals surface area (Å²) in [5.41, 5.74) is 9.80. The van der Waals surface area contributed by atoms with Crippen molar-refractivity contribution in [3.63, 3.8) is 0 Å². The number of ether oxygens (including phenoxy) is 1. The van der Waals surface area contributed by atoms with Gasteiger partial charge in [0.1, 0.15) is 11.6 Å². The maximum absolute atomic E-state index is 12.7. The molecule has 0 aliphatic carbocycles. The van der Waals surface area contributed by atoms with Crippen molar-refractivity contribution >= 4 is 16.7 Å². The average Bonchev–Trinajstić information content (AvgIpc) is 2.67. The maximum atomic E-state index is 12.7. The van der Waals surface area contributed by atoms with E-state index in [2.05, 4.69) is 9.72 Å². The fraction of sp³-hybridized carbons (Fsp3) is 0.0455. The Morgan fingerprint density at radius 1 is 0.750 bits per heavy atom. The van der Waals surface area contributed by atoms with E-state index >= 15 is 0 Å². The molecule has 0 aliphatic rings. The van der Waals surface area contributed by atoms with E-state index in [1.54, 1.807) is 0 Å². The first-order valence-corrected chi connectivity index (χ1v) is 8.52. The standard InChI is InChI=1S/C22H15F3N2O/c23-22(24,25)28-16-11-12-18-17(13-16)19(14-7-3-1-4-8-14)20(21(26)27-18)15-9-5-2-6-10-15/h1-13H,(H2,26,27). The molecule has 4 rings (SSSR count). The lowest BCUT2D eigenvalue weighted by molar-refractivity contribution is -0.274. The lowest BCUT2D eigenvalue weighted by Gasteiger charge is -2.17. The molecule has 3 aromatic carbocycles. The van der Waals surface area contributed by atoms with E-state index in [1.165, 1.54) is 18.2 Å². The molecule has 0 unspecified atom stereocenters. The highest BCUT2D eigenvalue weighted by Gasteiger charge is 2.31. The molecule has 1 aromatic heterocycles. The number of alkyl halides is 3. The molecule has 0 bridgehead atoms. The van der Waals surface area contributed by atoms with Crippen LogP contribution in [-0.2, 0) is 0 Å². The minimum absolute atomic E-state index is 0.303. The molecule has 0 amide bonds. The van der Waals surface area contributed by atoms with E-state index in [1.807, 2.05) is 60.7 Å². The molecule has 0 radical (unpaired) electrons. The van der Waals surface area contributed by atoms with E-state index in [9.17, 15) is 13.2 Å². The van der Waals surface area contributed by atoms with Crippen LogP contribution in [0, 0.1) is 0 Å². The van der Waals surface area contributed by atoms with Gasteiger partial charge in [0, 0.05) is 16.5 Å². The molecule has 2 N–H and O–H groups in total. The SMILES string of the molecule is Nc1nc2ccc(OC(F)(F)F)cc2c(-c2ccccc2)c1-c1ccccc1. The second kappa shape index (κ2) is 6.88. The lowest BCUT2D eigenvalue weighted by atomic mass is 9.91. The first-order chi connectivity index (χ1) is 13.4. The molecule has 0 saturated carbocycles. The van der Waals surface area contributed by atoms with Crippen LogP contribution in [0.15, 0.2) is 78.9 Å². The molecule has 0 aliphatic heterocycles. The molecule has 3 nitrogen and oxygen atoms in total. The summed E-state index contributed by atoms with van der Waals surface area (Å²) in [5, 5.41) is 0.529. The van der Waals surface area contributed by atoms with Crippen LogP contribution < -0.4 is 10.5 Å². The van der Waals surface area contributed by atoms with E-state index in [0.29, 0.717) is 27.8 Å². The van der Waals surface area contributed by atoms with Gasteiger partial charge >= 0.3 is 6.36 Å². The zero-order valence-corrected chi connectivity index (χ0v) is 14.6. The number of benzene rings is 3. The quantitative estimate of drug-likeness (QED) is 0.471. The third-order valence-electron chi connectivity index (χ3n) is 4.34. The first-order valence-electron chi connectivity index (χ1n) is 8.52. The van der Waals surface area contributed by atoms with Gasteiger partial charge in [-0.3, -0.25) is 0 Å². The highest BCUT2D eigenvalue weighted by Crippen LogP contribution is 2.41. The monoisotopic (exact) mass is 380 g/mol. The third-order valence-corrected chi connectivity index (χ3v) is 4.34.